The van der Waals surface area contributed by atoms with Crippen molar-refractivity contribution in [1.82, 2.24) is 15.4 Å². The molecule has 0 bridgehead atoms. The van der Waals surface area contributed by atoms with Crippen molar-refractivity contribution in [3.63, 3.8) is 0 Å². The SMILES string of the molecule is Cc1cc(CN(C)C(=O)NCc2csc3ccccc23)no1. The number of aromatic nitrogens is 1. The molecule has 0 fully saturated rings. The molecule has 22 heavy (non-hydrogen) atoms. The minimum atomic E-state index is -0.129. The van der Waals surface area contributed by atoms with Gasteiger partial charge in [-0.3, -0.25) is 0 Å². The molecular formula is C16H17N3O2S. The van der Waals surface area contributed by atoms with Crippen molar-refractivity contribution in [1.29, 1.82) is 0 Å². The predicted octanol–water partition coefficient (Wildman–Crippen LogP) is 3.54. The monoisotopic (exact) mass is 315 g/mol. The molecular weight excluding hydrogens is 298 g/mol. The third-order valence-corrected chi connectivity index (χ3v) is 4.43. The smallest absolute Gasteiger partial charge is 0.317 e. The summed E-state index contributed by atoms with van der Waals surface area (Å²) >= 11 is 1.69. The Bertz CT molecular complexity index is 793. The summed E-state index contributed by atoms with van der Waals surface area (Å²) in [5, 5.41) is 10.1. The number of carbonyl (C=O) groups excluding carboxylic acids is 1. The average Bonchev–Trinajstić information content (AvgIpc) is 3.11. The van der Waals surface area contributed by atoms with Gasteiger partial charge in [-0.2, -0.15) is 0 Å². The first-order chi connectivity index (χ1) is 10.6. The Morgan fingerprint density at radius 1 is 1.41 bits per heavy atom. The van der Waals surface area contributed by atoms with Gasteiger partial charge in [0.25, 0.3) is 0 Å². The highest BCUT2D eigenvalue weighted by atomic mass is 32.1. The van der Waals surface area contributed by atoms with Crippen LogP contribution >= 0.6 is 11.3 Å². The summed E-state index contributed by atoms with van der Waals surface area (Å²) < 4.78 is 6.24. The highest BCUT2D eigenvalue weighted by Gasteiger charge is 2.12. The Hall–Kier alpha value is -2.34. The molecule has 6 heteroatoms. The standard InChI is InChI=1S/C16H17N3O2S/c1-11-7-13(18-21-11)9-19(2)16(20)17-8-12-10-22-15-6-4-3-5-14(12)15/h3-7,10H,8-9H2,1-2H3,(H,17,20). The predicted molar refractivity (Wildman–Crippen MR) is 86.8 cm³/mol. The summed E-state index contributed by atoms with van der Waals surface area (Å²) in [6.07, 6.45) is 0. The van der Waals surface area contributed by atoms with E-state index >= 15 is 0 Å². The van der Waals surface area contributed by atoms with E-state index in [1.165, 1.54) is 10.1 Å². The maximum absolute atomic E-state index is 12.1. The first-order valence-corrected chi connectivity index (χ1v) is 7.87. The zero-order valence-electron chi connectivity index (χ0n) is 12.5. The van der Waals surface area contributed by atoms with Crippen molar-refractivity contribution in [3.05, 3.63) is 52.7 Å². The second-order valence-corrected chi connectivity index (χ2v) is 6.11. The van der Waals surface area contributed by atoms with Gasteiger partial charge in [-0.1, -0.05) is 23.4 Å². The topological polar surface area (TPSA) is 58.4 Å². The Labute approximate surface area is 132 Å². The van der Waals surface area contributed by atoms with E-state index in [0.29, 0.717) is 13.1 Å². The van der Waals surface area contributed by atoms with Crippen molar-refractivity contribution in [2.75, 3.05) is 7.05 Å². The molecule has 0 aliphatic rings. The number of nitrogens with zero attached hydrogens (tertiary/aromatic N) is 2. The van der Waals surface area contributed by atoms with Gasteiger partial charge in [-0.25, -0.2) is 4.79 Å². The highest BCUT2D eigenvalue weighted by molar-refractivity contribution is 7.17. The quantitative estimate of drug-likeness (QED) is 0.801. The van der Waals surface area contributed by atoms with Gasteiger partial charge in [0.1, 0.15) is 11.5 Å². The number of benzene rings is 1. The molecule has 1 N–H and O–H groups in total. The largest absolute Gasteiger partial charge is 0.361 e. The average molecular weight is 315 g/mol. The fourth-order valence-electron chi connectivity index (χ4n) is 2.28. The van der Waals surface area contributed by atoms with Gasteiger partial charge in [0.2, 0.25) is 0 Å². The summed E-state index contributed by atoms with van der Waals surface area (Å²) in [6.45, 7) is 2.77. The normalized spacial score (nSPS) is 10.8. The Morgan fingerprint density at radius 2 is 2.23 bits per heavy atom. The van der Waals surface area contributed by atoms with Crippen molar-refractivity contribution in [2.24, 2.45) is 0 Å². The highest BCUT2D eigenvalue weighted by Crippen LogP contribution is 2.25. The molecule has 2 heterocycles. The number of nitrogens with one attached hydrogen (secondary N) is 1. The number of rotatable bonds is 4. The molecule has 0 saturated heterocycles. The molecule has 1 aromatic carbocycles. The molecule has 0 saturated carbocycles. The number of thiophene rings is 1. The van der Waals surface area contributed by atoms with Crippen LogP contribution in [0.4, 0.5) is 4.79 Å². The van der Waals surface area contributed by atoms with Gasteiger partial charge in [0, 0.05) is 24.4 Å². The lowest BCUT2D eigenvalue weighted by Gasteiger charge is -2.16. The van der Waals surface area contributed by atoms with Crippen molar-refractivity contribution in [3.8, 4) is 0 Å². The number of aryl methyl sites for hydroxylation is 1. The van der Waals surface area contributed by atoms with E-state index in [-0.39, 0.29) is 6.03 Å². The molecule has 3 rings (SSSR count). The van der Waals surface area contributed by atoms with Crippen molar-refractivity contribution < 1.29 is 9.32 Å². The van der Waals surface area contributed by atoms with Crippen LogP contribution in [-0.2, 0) is 13.1 Å². The molecule has 114 valence electrons. The molecule has 0 aliphatic carbocycles. The summed E-state index contributed by atoms with van der Waals surface area (Å²) in [6, 6.07) is 9.90. The molecule has 5 nitrogen and oxygen atoms in total. The Balaban J connectivity index is 1.59. The van der Waals surface area contributed by atoms with Gasteiger partial charge in [0.15, 0.2) is 0 Å². The first kappa shape index (κ1) is 14.6. The number of urea groups is 1. The fraction of sp³-hybridized carbons (Fsp3) is 0.250. The molecule has 2 amide bonds. The number of carbonyl (C=O) groups is 1. The van der Waals surface area contributed by atoms with Gasteiger partial charge in [-0.15, -0.1) is 11.3 Å². The van der Waals surface area contributed by atoms with Crippen LogP contribution in [0.3, 0.4) is 0 Å². The van der Waals surface area contributed by atoms with Crippen LogP contribution in [0.25, 0.3) is 10.1 Å². The Morgan fingerprint density at radius 3 is 3.00 bits per heavy atom. The number of hydrogen-bond donors (Lipinski definition) is 1. The van der Waals surface area contributed by atoms with E-state index in [2.05, 4.69) is 28.0 Å². The third kappa shape index (κ3) is 3.12. The number of fused-ring (bicyclic) bond motifs is 1. The molecule has 0 aliphatic heterocycles. The zero-order chi connectivity index (χ0) is 15.5. The first-order valence-electron chi connectivity index (χ1n) is 7.00. The Kier molecular flexibility index (Phi) is 4.11. The minimum absolute atomic E-state index is 0.129. The lowest BCUT2D eigenvalue weighted by molar-refractivity contribution is 0.205. The van der Waals surface area contributed by atoms with E-state index in [4.69, 9.17) is 4.52 Å². The van der Waals surface area contributed by atoms with E-state index in [0.717, 1.165) is 17.0 Å². The van der Waals surface area contributed by atoms with Crippen LogP contribution in [-0.4, -0.2) is 23.1 Å². The second-order valence-electron chi connectivity index (χ2n) is 5.20. The van der Waals surface area contributed by atoms with E-state index in [1.54, 1.807) is 23.3 Å². The lowest BCUT2D eigenvalue weighted by Crippen LogP contribution is -2.36. The molecule has 2 aromatic heterocycles. The van der Waals surface area contributed by atoms with E-state index in [9.17, 15) is 4.79 Å². The van der Waals surface area contributed by atoms with Crippen LogP contribution in [0.1, 0.15) is 17.0 Å². The van der Waals surface area contributed by atoms with Crippen LogP contribution in [0, 0.1) is 6.92 Å². The minimum Gasteiger partial charge on any atom is -0.361 e. The van der Waals surface area contributed by atoms with E-state index < -0.39 is 0 Å². The van der Waals surface area contributed by atoms with Gasteiger partial charge in [-0.05, 0) is 29.3 Å². The summed E-state index contributed by atoms with van der Waals surface area (Å²) in [4.78, 5) is 13.7. The number of hydrogen-bond acceptors (Lipinski definition) is 4. The summed E-state index contributed by atoms with van der Waals surface area (Å²) in [5.41, 5.74) is 1.88. The third-order valence-electron chi connectivity index (χ3n) is 3.41. The van der Waals surface area contributed by atoms with Gasteiger partial charge in [0.05, 0.1) is 6.54 Å². The summed E-state index contributed by atoms with van der Waals surface area (Å²) in [7, 11) is 1.74. The molecule has 0 atom stereocenters. The maximum atomic E-state index is 12.1. The van der Waals surface area contributed by atoms with Gasteiger partial charge < -0.3 is 14.7 Å². The number of amides is 2. The second kappa shape index (κ2) is 6.19. The molecule has 0 spiro atoms. The zero-order valence-corrected chi connectivity index (χ0v) is 13.3. The van der Waals surface area contributed by atoms with Crippen molar-refractivity contribution >= 4 is 27.5 Å². The van der Waals surface area contributed by atoms with Crippen LogP contribution in [0.15, 0.2) is 40.2 Å². The molecule has 0 radical (unpaired) electrons. The van der Waals surface area contributed by atoms with Crippen molar-refractivity contribution in [2.45, 2.75) is 20.0 Å². The maximum Gasteiger partial charge on any atom is 0.317 e. The lowest BCUT2D eigenvalue weighted by atomic mass is 10.2. The summed E-state index contributed by atoms with van der Waals surface area (Å²) in [5.74, 6) is 0.744. The molecule has 3 aromatic rings. The van der Waals surface area contributed by atoms with Crippen LogP contribution in [0.2, 0.25) is 0 Å². The van der Waals surface area contributed by atoms with Crippen LogP contribution in [0.5, 0.6) is 0 Å². The van der Waals surface area contributed by atoms with Crippen LogP contribution < -0.4 is 5.32 Å². The van der Waals surface area contributed by atoms with E-state index in [1.807, 2.05) is 25.1 Å². The fourth-order valence-corrected chi connectivity index (χ4v) is 3.25. The van der Waals surface area contributed by atoms with Gasteiger partial charge >= 0.3 is 6.03 Å². The molecule has 0 unspecified atom stereocenters.